The molecule has 1 amide bonds. The predicted molar refractivity (Wildman–Crippen MR) is 64.7 cm³/mol. The third kappa shape index (κ3) is 3.28. The molecule has 0 saturated carbocycles. The van der Waals surface area contributed by atoms with Crippen molar-refractivity contribution >= 4 is 11.9 Å². The summed E-state index contributed by atoms with van der Waals surface area (Å²) in [5.41, 5.74) is -0.689. The van der Waals surface area contributed by atoms with Gasteiger partial charge in [-0.3, -0.25) is 9.59 Å². The molecule has 0 unspecified atom stereocenters. The van der Waals surface area contributed by atoms with Gasteiger partial charge >= 0.3 is 5.97 Å². The molecule has 1 aromatic carbocycles. The Morgan fingerprint density at radius 1 is 1.25 bits per heavy atom. The van der Waals surface area contributed by atoms with E-state index >= 15 is 0 Å². The highest BCUT2D eigenvalue weighted by molar-refractivity contribution is 5.96. The Balaban J connectivity index is 3.19. The maximum absolute atomic E-state index is 13.6. The molecule has 0 saturated heterocycles. The van der Waals surface area contributed by atoms with Crippen molar-refractivity contribution in [2.24, 2.45) is 0 Å². The second kappa shape index (κ2) is 6.40. The summed E-state index contributed by atoms with van der Waals surface area (Å²) in [6, 6.07) is 0.945. The third-order valence-electron chi connectivity index (χ3n) is 2.95. The van der Waals surface area contributed by atoms with E-state index in [4.69, 9.17) is 5.11 Å². The summed E-state index contributed by atoms with van der Waals surface area (Å²) in [6.07, 6.45) is 0.435. The Hall–Kier alpha value is -2.05. The molecule has 0 spiro atoms. The zero-order valence-electron chi connectivity index (χ0n) is 11.0. The van der Waals surface area contributed by atoms with Gasteiger partial charge in [0.2, 0.25) is 0 Å². The lowest BCUT2D eigenvalue weighted by atomic mass is 10.1. The van der Waals surface area contributed by atoms with E-state index < -0.39 is 47.5 Å². The number of amides is 1. The minimum Gasteiger partial charge on any atom is -0.480 e. The van der Waals surface area contributed by atoms with E-state index in [1.165, 1.54) is 0 Å². The monoisotopic (exact) mass is 289 g/mol. The molecule has 110 valence electrons. The van der Waals surface area contributed by atoms with Crippen molar-refractivity contribution in [2.75, 3.05) is 6.54 Å². The average molecular weight is 289 g/mol. The van der Waals surface area contributed by atoms with Gasteiger partial charge in [0.25, 0.3) is 5.91 Å². The van der Waals surface area contributed by atoms with E-state index in [1.807, 2.05) is 0 Å². The lowest BCUT2D eigenvalue weighted by Crippen LogP contribution is -2.42. The number of nitrogens with zero attached hydrogens (tertiary/aromatic N) is 1. The van der Waals surface area contributed by atoms with Gasteiger partial charge in [0, 0.05) is 6.04 Å². The summed E-state index contributed by atoms with van der Waals surface area (Å²) in [7, 11) is 0. The van der Waals surface area contributed by atoms with Gasteiger partial charge in [-0.15, -0.1) is 0 Å². The zero-order valence-corrected chi connectivity index (χ0v) is 11.0. The number of carboxylic acids is 1. The van der Waals surface area contributed by atoms with Crippen molar-refractivity contribution in [1.29, 1.82) is 0 Å². The highest BCUT2D eigenvalue weighted by Gasteiger charge is 2.27. The second-order valence-electron chi connectivity index (χ2n) is 4.31. The van der Waals surface area contributed by atoms with Crippen molar-refractivity contribution < 1.29 is 27.9 Å². The summed E-state index contributed by atoms with van der Waals surface area (Å²) in [4.78, 5) is 23.7. The maximum Gasteiger partial charge on any atom is 0.323 e. The van der Waals surface area contributed by atoms with E-state index in [2.05, 4.69) is 0 Å². The van der Waals surface area contributed by atoms with Crippen molar-refractivity contribution in [3.05, 3.63) is 35.1 Å². The fourth-order valence-electron chi connectivity index (χ4n) is 1.64. The van der Waals surface area contributed by atoms with Crippen LogP contribution >= 0.6 is 0 Å². The van der Waals surface area contributed by atoms with Crippen LogP contribution in [0.5, 0.6) is 0 Å². The Morgan fingerprint density at radius 2 is 1.85 bits per heavy atom. The van der Waals surface area contributed by atoms with Crippen LogP contribution in [-0.4, -0.2) is 34.5 Å². The van der Waals surface area contributed by atoms with Crippen LogP contribution in [0.1, 0.15) is 30.6 Å². The summed E-state index contributed by atoms with van der Waals surface area (Å²) < 4.78 is 39.5. The minimum absolute atomic E-state index is 0.435. The summed E-state index contributed by atoms with van der Waals surface area (Å²) >= 11 is 0. The van der Waals surface area contributed by atoms with Gasteiger partial charge in [-0.1, -0.05) is 6.92 Å². The average Bonchev–Trinajstić information content (AvgIpc) is 2.40. The summed E-state index contributed by atoms with van der Waals surface area (Å²) in [6.45, 7) is 2.65. The smallest absolute Gasteiger partial charge is 0.323 e. The molecule has 0 aliphatic rings. The highest BCUT2D eigenvalue weighted by Crippen LogP contribution is 2.18. The number of carboxylic acid groups (broad SMARTS) is 1. The van der Waals surface area contributed by atoms with Crippen LogP contribution in [0.4, 0.5) is 13.2 Å². The van der Waals surface area contributed by atoms with Gasteiger partial charge in [0.1, 0.15) is 6.54 Å². The molecule has 0 bridgehead atoms. The van der Waals surface area contributed by atoms with E-state index in [0.717, 1.165) is 11.0 Å². The zero-order chi connectivity index (χ0) is 15.4. The molecule has 1 aromatic rings. The van der Waals surface area contributed by atoms with Crippen molar-refractivity contribution in [3.8, 4) is 0 Å². The molecule has 0 aromatic heterocycles. The topological polar surface area (TPSA) is 57.6 Å². The molecule has 1 atom stereocenters. The first-order chi connectivity index (χ1) is 9.29. The van der Waals surface area contributed by atoms with Crippen molar-refractivity contribution in [2.45, 2.75) is 26.3 Å². The largest absolute Gasteiger partial charge is 0.480 e. The predicted octanol–water partition coefficient (Wildman–Crippen LogP) is 2.43. The lowest BCUT2D eigenvalue weighted by molar-refractivity contribution is -0.138. The Bertz CT molecular complexity index is 534. The number of benzene rings is 1. The molecule has 20 heavy (non-hydrogen) atoms. The molecule has 0 aliphatic carbocycles. The van der Waals surface area contributed by atoms with Crippen molar-refractivity contribution in [3.63, 3.8) is 0 Å². The van der Waals surface area contributed by atoms with Crippen LogP contribution in [0.15, 0.2) is 12.1 Å². The van der Waals surface area contributed by atoms with E-state index in [9.17, 15) is 22.8 Å². The van der Waals surface area contributed by atoms with E-state index in [-0.39, 0.29) is 0 Å². The van der Waals surface area contributed by atoms with Gasteiger partial charge in [0.05, 0.1) is 5.56 Å². The molecule has 0 heterocycles. The Kier molecular flexibility index (Phi) is 5.12. The van der Waals surface area contributed by atoms with E-state index in [0.29, 0.717) is 12.5 Å². The fourth-order valence-corrected chi connectivity index (χ4v) is 1.64. The Morgan fingerprint density at radius 3 is 2.35 bits per heavy atom. The number of hydrogen-bond acceptors (Lipinski definition) is 2. The second-order valence-corrected chi connectivity index (χ2v) is 4.31. The van der Waals surface area contributed by atoms with Crippen LogP contribution < -0.4 is 0 Å². The number of carbonyl (C=O) groups excluding carboxylic acids is 1. The quantitative estimate of drug-likeness (QED) is 0.847. The number of hydrogen-bond donors (Lipinski definition) is 1. The SMILES string of the molecule is CC[C@H](C)N(CC(=O)O)C(=O)c1ccc(F)c(F)c1F. The number of carbonyl (C=O) groups is 2. The number of halogens is 3. The van der Waals surface area contributed by atoms with Crippen LogP contribution in [0.25, 0.3) is 0 Å². The minimum atomic E-state index is -1.75. The van der Waals surface area contributed by atoms with Gasteiger partial charge < -0.3 is 10.0 Å². The van der Waals surface area contributed by atoms with Crippen LogP contribution in [0, 0.1) is 17.5 Å². The number of aliphatic carboxylic acids is 1. The standard InChI is InChI=1S/C13H14F3NO3/c1-3-7(2)17(6-10(18)19)13(20)8-4-5-9(14)12(16)11(8)15/h4-5,7H,3,6H2,1-2H3,(H,18,19)/t7-/m0/s1. The Labute approximate surface area is 113 Å². The molecule has 0 fully saturated rings. The van der Waals surface area contributed by atoms with Crippen LogP contribution in [-0.2, 0) is 4.79 Å². The van der Waals surface area contributed by atoms with Crippen molar-refractivity contribution in [1.82, 2.24) is 4.90 Å². The molecule has 7 heteroatoms. The fraction of sp³-hybridized carbons (Fsp3) is 0.385. The molecular formula is C13H14F3NO3. The first-order valence-electron chi connectivity index (χ1n) is 5.95. The van der Waals surface area contributed by atoms with Gasteiger partial charge in [-0.2, -0.15) is 0 Å². The van der Waals surface area contributed by atoms with Crippen LogP contribution in [0.3, 0.4) is 0 Å². The van der Waals surface area contributed by atoms with Gasteiger partial charge in [-0.05, 0) is 25.5 Å². The van der Waals surface area contributed by atoms with Gasteiger partial charge in [0.15, 0.2) is 17.5 Å². The summed E-state index contributed by atoms with van der Waals surface area (Å²) in [5, 5.41) is 8.77. The lowest BCUT2D eigenvalue weighted by Gasteiger charge is -2.27. The molecule has 0 aliphatic heterocycles. The normalized spacial score (nSPS) is 12.1. The van der Waals surface area contributed by atoms with E-state index in [1.54, 1.807) is 13.8 Å². The molecule has 1 N–H and O–H groups in total. The molecular weight excluding hydrogens is 275 g/mol. The molecule has 0 radical (unpaired) electrons. The molecule has 4 nitrogen and oxygen atoms in total. The molecule has 1 rings (SSSR count). The first-order valence-corrected chi connectivity index (χ1v) is 5.95. The van der Waals surface area contributed by atoms with Gasteiger partial charge in [-0.25, -0.2) is 13.2 Å². The highest BCUT2D eigenvalue weighted by atomic mass is 19.2. The maximum atomic E-state index is 13.6. The summed E-state index contributed by atoms with van der Waals surface area (Å²) in [5.74, 6) is -7.05. The van der Waals surface area contributed by atoms with Crippen LogP contribution in [0.2, 0.25) is 0 Å². The first kappa shape index (κ1) is 16.0. The third-order valence-corrected chi connectivity index (χ3v) is 2.95. The number of rotatable bonds is 5.